The lowest BCUT2D eigenvalue weighted by atomic mass is 9.64. The van der Waals surface area contributed by atoms with Gasteiger partial charge in [0.2, 0.25) is 5.91 Å². The highest BCUT2D eigenvalue weighted by atomic mass is 16.2. The van der Waals surface area contributed by atoms with Crippen LogP contribution in [0.2, 0.25) is 0 Å². The summed E-state index contributed by atoms with van der Waals surface area (Å²) in [6, 6.07) is 11.4. The van der Waals surface area contributed by atoms with E-state index >= 15 is 0 Å². The van der Waals surface area contributed by atoms with E-state index in [1.807, 2.05) is 36.4 Å². The maximum atomic E-state index is 13.7. The monoisotopic (exact) mass is 391 g/mol. The molecule has 2 heterocycles. The first-order valence-corrected chi connectivity index (χ1v) is 10.7. The van der Waals surface area contributed by atoms with E-state index in [4.69, 9.17) is 0 Å². The van der Waals surface area contributed by atoms with Crippen molar-refractivity contribution < 1.29 is 9.59 Å². The van der Waals surface area contributed by atoms with E-state index in [9.17, 15) is 9.59 Å². The second kappa shape index (κ2) is 7.97. The number of benzene rings is 1. The molecule has 5 nitrogen and oxygen atoms in total. The summed E-state index contributed by atoms with van der Waals surface area (Å²) in [7, 11) is 0. The maximum Gasteiger partial charge on any atom is 0.254 e. The number of amides is 2. The van der Waals surface area contributed by atoms with E-state index in [-0.39, 0.29) is 23.8 Å². The number of rotatable bonds is 4. The molecule has 1 aliphatic heterocycles. The van der Waals surface area contributed by atoms with Gasteiger partial charge in [-0.15, -0.1) is 0 Å². The van der Waals surface area contributed by atoms with Gasteiger partial charge in [-0.1, -0.05) is 44.4 Å². The summed E-state index contributed by atoms with van der Waals surface area (Å²) < 4.78 is 0. The molecule has 0 radical (unpaired) electrons. The Morgan fingerprint density at radius 2 is 1.97 bits per heavy atom. The lowest BCUT2D eigenvalue weighted by molar-refractivity contribution is -0.122. The maximum absolute atomic E-state index is 13.7. The van der Waals surface area contributed by atoms with Crippen molar-refractivity contribution in [1.29, 1.82) is 0 Å². The van der Waals surface area contributed by atoms with Crippen molar-refractivity contribution in [3.63, 3.8) is 0 Å². The van der Waals surface area contributed by atoms with Crippen LogP contribution < -0.4 is 5.32 Å². The lowest BCUT2D eigenvalue weighted by Gasteiger charge is -2.55. The minimum absolute atomic E-state index is 0.0480. The van der Waals surface area contributed by atoms with Gasteiger partial charge in [-0.25, -0.2) is 0 Å². The van der Waals surface area contributed by atoms with Gasteiger partial charge in [-0.2, -0.15) is 0 Å². The Labute approximate surface area is 172 Å². The van der Waals surface area contributed by atoms with Crippen LogP contribution in [-0.4, -0.2) is 33.3 Å². The Kier molecular flexibility index (Phi) is 5.39. The van der Waals surface area contributed by atoms with Crippen LogP contribution in [0.15, 0.2) is 48.8 Å². The molecule has 2 aliphatic rings. The molecule has 1 saturated carbocycles. The fraction of sp³-hybridized carbons (Fsp3) is 0.458. The molecule has 0 unspecified atom stereocenters. The molecule has 1 aromatic carbocycles. The summed E-state index contributed by atoms with van der Waals surface area (Å²) in [5.74, 6) is -0.360. The standard InChI is InChI=1S/C24H29N3O2/c1-3-17(2)27-23(29)20-12-6-5-11-19(20)21(24(27)13-7-4-8-14-24)22(28)26-18-10-9-15-25-16-18/h5-6,9-12,15-17,21H,3-4,7-8,13-14H2,1-2H3,(H,26,28)/t17-,21-/m0/s1. The van der Waals surface area contributed by atoms with Gasteiger partial charge in [0, 0.05) is 17.8 Å². The number of anilines is 1. The van der Waals surface area contributed by atoms with Gasteiger partial charge in [0.1, 0.15) is 0 Å². The topological polar surface area (TPSA) is 62.3 Å². The largest absolute Gasteiger partial charge is 0.329 e. The Bertz CT molecular complexity index is 890. The van der Waals surface area contributed by atoms with Gasteiger partial charge in [0.15, 0.2) is 0 Å². The van der Waals surface area contributed by atoms with E-state index in [0.29, 0.717) is 11.3 Å². The van der Waals surface area contributed by atoms with Gasteiger partial charge in [-0.3, -0.25) is 14.6 Å². The zero-order valence-electron chi connectivity index (χ0n) is 17.2. The summed E-state index contributed by atoms with van der Waals surface area (Å²) in [5.41, 5.74) is 1.74. The number of hydrogen-bond acceptors (Lipinski definition) is 3. The summed E-state index contributed by atoms with van der Waals surface area (Å²) in [4.78, 5) is 33.5. The van der Waals surface area contributed by atoms with Crippen LogP contribution in [-0.2, 0) is 4.79 Å². The van der Waals surface area contributed by atoms with Crippen LogP contribution >= 0.6 is 0 Å². The average molecular weight is 392 g/mol. The molecule has 1 fully saturated rings. The average Bonchev–Trinajstić information content (AvgIpc) is 2.75. The number of carbonyl (C=O) groups excluding carboxylic acids is 2. The Morgan fingerprint density at radius 3 is 2.66 bits per heavy atom. The van der Waals surface area contributed by atoms with E-state index in [0.717, 1.165) is 44.1 Å². The molecule has 2 aromatic rings. The number of fused-ring (bicyclic) bond motifs is 1. The number of carbonyl (C=O) groups is 2. The Hall–Kier alpha value is -2.69. The molecule has 0 saturated heterocycles. The summed E-state index contributed by atoms with van der Waals surface area (Å²) in [5, 5.41) is 3.08. The third-order valence-corrected chi connectivity index (χ3v) is 6.68. The zero-order valence-corrected chi connectivity index (χ0v) is 17.2. The molecule has 2 amide bonds. The number of nitrogens with zero attached hydrogens (tertiary/aromatic N) is 2. The highest BCUT2D eigenvalue weighted by Gasteiger charge is 2.55. The van der Waals surface area contributed by atoms with Gasteiger partial charge < -0.3 is 10.2 Å². The van der Waals surface area contributed by atoms with Crippen molar-refractivity contribution >= 4 is 17.5 Å². The minimum atomic E-state index is -0.467. The third-order valence-electron chi connectivity index (χ3n) is 6.68. The first-order chi connectivity index (χ1) is 14.1. The van der Waals surface area contributed by atoms with Gasteiger partial charge in [0.05, 0.1) is 23.3 Å². The van der Waals surface area contributed by atoms with Crippen molar-refractivity contribution in [1.82, 2.24) is 9.88 Å². The van der Waals surface area contributed by atoms with E-state index in [1.54, 1.807) is 12.4 Å². The molecule has 5 heteroatoms. The third kappa shape index (κ3) is 3.33. The molecule has 1 aromatic heterocycles. The number of pyridine rings is 1. The quantitative estimate of drug-likeness (QED) is 0.817. The van der Waals surface area contributed by atoms with Gasteiger partial charge in [0.25, 0.3) is 5.91 Å². The van der Waals surface area contributed by atoms with Crippen LogP contribution in [0.4, 0.5) is 5.69 Å². The van der Waals surface area contributed by atoms with E-state index in [2.05, 4.69) is 29.0 Å². The minimum Gasteiger partial charge on any atom is -0.329 e. The van der Waals surface area contributed by atoms with Crippen LogP contribution in [0.25, 0.3) is 0 Å². The highest BCUT2D eigenvalue weighted by Crippen LogP contribution is 2.50. The Balaban J connectivity index is 1.85. The number of hydrogen-bond donors (Lipinski definition) is 1. The summed E-state index contributed by atoms with van der Waals surface area (Å²) in [6.45, 7) is 4.22. The van der Waals surface area contributed by atoms with Gasteiger partial charge in [-0.05, 0) is 49.9 Å². The van der Waals surface area contributed by atoms with Crippen LogP contribution in [0, 0.1) is 0 Å². The Morgan fingerprint density at radius 1 is 1.21 bits per heavy atom. The molecule has 0 bridgehead atoms. The van der Waals surface area contributed by atoms with Crippen molar-refractivity contribution in [3.8, 4) is 0 Å². The van der Waals surface area contributed by atoms with Crippen molar-refractivity contribution in [2.45, 2.75) is 69.9 Å². The van der Waals surface area contributed by atoms with Gasteiger partial charge >= 0.3 is 0 Å². The SMILES string of the molecule is CC[C@H](C)N1C(=O)c2ccccc2[C@@H](C(=O)Nc2cccnc2)C12CCCCC2. The summed E-state index contributed by atoms with van der Waals surface area (Å²) >= 11 is 0. The van der Waals surface area contributed by atoms with Crippen molar-refractivity contribution in [3.05, 3.63) is 59.9 Å². The number of nitrogens with one attached hydrogen (secondary N) is 1. The van der Waals surface area contributed by atoms with Crippen LogP contribution in [0.1, 0.15) is 74.2 Å². The molecule has 2 atom stereocenters. The fourth-order valence-corrected chi connectivity index (χ4v) is 5.26. The second-order valence-corrected chi connectivity index (χ2v) is 8.35. The fourth-order valence-electron chi connectivity index (χ4n) is 5.26. The molecule has 4 rings (SSSR count). The molecular weight excluding hydrogens is 362 g/mol. The van der Waals surface area contributed by atoms with E-state index < -0.39 is 5.54 Å². The van der Waals surface area contributed by atoms with Crippen molar-refractivity contribution in [2.24, 2.45) is 0 Å². The highest BCUT2D eigenvalue weighted by molar-refractivity contribution is 6.05. The molecular formula is C24H29N3O2. The smallest absolute Gasteiger partial charge is 0.254 e. The van der Waals surface area contributed by atoms with Crippen LogP contribution in [0.5, 0.6) is 0 Å². The summed E-state index contributed by atoms with van der Waals surface area (Å²) in [6.07, 6.45) is 9.19. The predicted octanol–water partition coefficient (Wildman–Crippen LogP) is 4.76. The lowest BCUT2D eigenvalue weighted by Crippen LogP contribution is -2.64. The first kappa shape index (κ1) is 19.6. The first-order valence-electron chi connectivity index (χ1n) is 10.7. The molecule has 152 valence electrons. The predicted molar refractivity (Wildman–Crippen MR) is 114 cm³/mol. The molecule has 29 heavy (non-hydrogen) atoms. The second-order valence-electron chi connectivity index (χ2n) is 8.35. The molecule has 1 spiro atoms. The van der Waals surface area contributed by atoms with E-state index in [1.165, 1.54) is 0 Å². The van der Waals surface area contributed by atoms with Crippen molar-refractivity contribution in [2.75, 3.05) is 5.32 Å². The normalized spacial score (nSPS) is 21.5. The number of aromatic nitrogens is 1. The van der Waals surface area contributed by atoms with Crippen LogP contribution in [0.3, 0.4) is 0 Å². The molecule has 1 N–H and O–H groups in total. The molecule has 1 aliphatic carbocycles. The zero-order chi connectivity index (χ0) is 20.4.